The molecule has 70 valence electrons. The van der Waals surface area contributed by atoms with Gasteiger partial charge in [0.15, 0.2) is 0 Å². The summed E-state index contributed by atoms with van der Waals surface area (Å²) in [5.41, 5.74) is 6.33. The minimum absolute atomic E-state index is 0. The molecule has 0 aliphatic rings. The average molecular weight is 245 g/mol. The van der Waals surface area contributed by atoms with E-state index in [9.17, 15) is 4.79 Å². The molecule has 1 aromatic carbocycles. The molecule has 0 bridgehead atoms. The first-order chi connectivity index (χ1) is 6.09. The van der Waals surface area contributed by atoms with E-state index in [1.165, 1.54) is 0 Å². The molecule has 3 nitrogen and oxygen atoms in total. The molecule has 0 radical (unpaired) electrons. The van der Waals surface area contributed by atoms with Gasteiger partial charge in [-0.2, -0.15) is 0 Å². The summed E-state index contributed by atoms with van der Waals surface area (Å²) in [6.45, 7) is 0. The number of carbonyl (C=O) groups is 1. The van der Waals surface area contributed by atoms with Crippen LogP contribution in [0.3, 0.4) is 0 Å². The van der Waals surface area contributed by atoms with Crippen LogP contribution < -0.4 is 10.2 Å². The summed E-state index contributed by atoms with van der Waals surface area (Å²) in [5, 5.41) is 8.57. The van der Waals surface area contributed by atoms with Crippen molar-refractivity contribution in [3.05, 3.63) is 29.8 Å². The number of benzene rings is 1. The van der Waals surface area contributed by atoms with Crippen molar-refractivity contribution in [1.82, 2.24) is 0 Å². The Kier molecular flexibility index (Phi) is 3.48. The summed E-state index contributed by atoms with van der Waals surface area (Å²) in [7, 11) is 0. The Morgan fingerprint density at radius 3 is 2.54 bits per heavy atom. The largest absolute Gasteiger partial charge is 1.00 e. The van der Waals surface area contributed by atoms with Crippen LogP contribution in [-0.4, -0.2) is 33.1 Å². The molecule has 13 heavy (non-hydrogen) atoms. The van der Waals surface area contributed by atoms with Gasteiger partial charge in [-0.25, -0.2) is 0 Å². The predicted octanol–water partition coefficient (Wildman–Crippen LogP) is -0.720. The second-order valence-corrected chi connectivity index (χ2v) is 3.90. The zero-order valence-corrected chi connectivity index (χ0v) is 8.85. The van der Waals surface area contributed by atoms with E-state index in [1.807, 2.05) is 24.3 Å². The average Bonchev–Trinajstić information content (AvgIpc) is 2.08. The second-order valence-electron chi connectivity index (χ2n) is 2.82. The molecule has 1 rings (SSSR count). The van der Waals surface area contributed by atoms with Gasteiger partial charge in [-0.15, -0.1) is 0 Å². The van der Waals surface area contributed by atoms with E-state index in [0.717, 1.165) is 10.0 Å². The molecule has 0 heterocycles. The first-order valence-corrected chi connectivity index (χ1v) is 4.79. The van der Waals surface area contributed by atoms with Crippen LogP contribution in [0.4, 0.5) is 0 Å². The third-order valence-corrected chi connectivity index (χ3v) is 2.33. The van der Waals surface area contributed by atoms with Gasteiger partial charge >= 0.3 is 85.8 Å². The number of aliphatic carboxylic acids is 1. The molecular weight excluding hydrogens is 233 g/mol. The number of hydrogen-bond acceptors (Lipinski definition) is 2. The molecule has 4 heteroatoms. The van der Waals surface area contributed by atoms with E-state index in [2.05, 4.69) is 16.0 Å². The van der Waals surface area contributed by atoms with Crippen molar-refractivity contribution >= 4 is 26.4 Å². The maximum atomic E-state index is 10.4. The molecule has 0 saturated heterocycles. The molecule has 1 unspecified atom stereocenters. The van der Waals surface area contributed by atoms with Gasteiger partial charge in [0.1, 0.15) is 0 Å². The van der Waals surface area contributed by atoms with Gasteiger partial charge < -0.3 is 0 Å². The number of carboxylic acid groups (broad SMARTS) is 1. The second kappa shape index (κ2) is 4.42. The van der Waals surface area contributed by atoms with Crippen molar-refractivity contribution in [2.45, 2.75) is 12.5 Å². The van der Waals surface area contributed by atoms with E-state index in [1.54, 1.807) is 0 Å². The number of hydrogen-bond donors (Lipinski definition) is 2. The van der Waals surface area contributed by atoms with Gasteiger partial charge in [-0.3, -0.25) is 0 Å². The molecule has 0 saturated carbocycles. The van der Waals surface area contributed by atoms with E-state index in [-0.39, 0.29) is 1.43 Å². The van der Waals surface area contributed by atoms with Gasteiger partial charge in [0, 0.05) is 0 Å². The fourth-order valence-electron chi connectivity index (χ4n) is 0.973. The van der Waals surface area contributed by atoms with Crippen LogP contribution in [0.25, 0.3) is 0 Å². The fourth-order valence-corrected chi connectivity index (χ4v) is 1.29. The molecule has 3 N–H and O–H groups in total. The van der Waals surface area contributed by atoms with Crippen LogP contribution in [0.2, 0.25) is 0 Å². The molecule has 0 aliphatic heterocycles. The zero-order chi connectivity index (χ0) is 9.84. The zero-order valence-electron chi connectivity index (χ0n) is 7.97. The van der Waals surface area contributed by atoms with Gasteiger partial charge in [0.05, 0.1) is 0 Å². The van der Waals surface area contributed by atoms with Crippen LogP contribution in [0.1, 0.15) is 6.99 Å². The monoisotopic (exact) mass is 246 g/mol. The van der Waals surface area contributed by atoms with Crippen molar-refractivity contribution in [2.24, 2.45) is 5.73 Å². The topological polar surface area (TPSA) is 63.3 Å². The fraction of sp³-hybridized carbons (Fsp3) is 0.222. The van der Waals surface area contributed by atoms with Crippen molar-refractivity contribution < 1.29 is 11.3 Å². The number of nitrogens with two attached hydrogens (primary N) is 1. The van der Waals surface area contributed by atoms with Gasteiger partial charge in [0.2, 0.25) is 0 Å². The summed E-state index contributed by atoms with van der Waals surface area (Å²) in [6.07, 6.45) is 0.378. The summed E-state index contributed by atoms with van der Waals surface area (Å²) in [5.74, 6) is -0.962. The Labute approximate surface area is 86.2 Å². The Balaban J connectivity index is 0.00000169. The molecular formula is C9H12NO2Se+. The van der Waals surface area contributed by atoms with Crippen molar-refractivity contribution in [1.29, 1.82) is 0 Å². The molecule has 1 atom stereocenters. The normalized spacial score (nSPS) is 12.5. The third-order valence-electron chi connectivity index (χ3n) is 1.71. The Bertz CT molecular complexity index is 302. The summed E-state index contributed by atoms with van der Waals surface area (Å²) >= 11 is 2.42. The Morgan fingerprint density at radius 2 is 2.08 bits per heavy atom. The predicted molar refractivity (Wildman–Crippen MR) is 53.7 cm³/mol. The molecule has 0 aromatic heterocycles. The summed E-state index contributed by atoms with van der Waals surface area (Å²) in [4.78, 5) is 10.4. The first kappa shape index (κ1) is 10.3. The number of carboxylic acids is 1. The van der Waals surface area contributed by atoms with Gasteiger partial charge in [-0.1, -0.05) is 0 Å². The Morgan fingerprint density at radius 1 is 1.54 bits per heavy atom. The minimum Gasteiger partial charge on any atom is 1.00 e. The summed E-state index contributed by atoms with van der Waals surface area (Å²) in [6, 6.07) is 6.80. The van der Waals surface area contributed by atoms with Crippen molar-refractivity contribution in [3.8, 4) is 0 Å². The van der Waals surface area contributed by atoms with Crippen molar-refractivity contribution in [2.75, 3.05) is 0 Å². The maximum absolute atomic E-state index is 10.4. The first-order valence-electron chi connectivity index (χ1n) is 3.86. The van der Waals surface area contributed by atoms with Crippen LogP contribution >= 0.6 is 0 Å². The quantitative estimate of drug-likeness (QED) is 0.691. The van der Waals surface area contributed by atoms with E-state index in [4.69, 9.17) is 10.8 Å². The van der Waals surface area contributed by atoms with Crippen LogP contribution in [-0.2, 0) is 11.2 Å². The van der Waals surface area contributed by atoms with E-state index < -0.39 is 12.0 Å². The molecule has 0 fully saturated rings. The summed E-state index contributed by atoms with van der Waals surface area (Å²) < 4.78 is 1.10. The SMILES string of the molecule is NC(Cc1ccc([SeH])cc1)C(=O)O.[H+]. The number of rotatable bonds is 3. The van der Waals surface area contributed by atoms with Crippen molar-refractivity contribution in [3.63, 3.8) is 0 Å². The van der Waals surface area contributed by atoms with Crippen LogP contribution in [0.5, 0.6) is 0 Å². The van der Waals surface area contributed by atoms with E-state index >= 15 is 0 Å². The van der Waals surface area contributed by atoms with Gasteiger partial charge in [-0.05, 0) is 0 Å². The molecule has 0 amide bonds. The smallest absolute Gasteiger partial charge is 1.00 e. The molecule has 0 spiro atoms. The standard InChI is InChI=1S/C9H11NO2Se/c10-8(9(11)12)5-6-1-3-7(13)4-2-6/h1-4,8,13H,5,10H2,(H,11,12)/p+1. The third kappa shape index (κ3) is 3.19. The van der Waals surface area contributed by atoms with Crippen LogP contribution in [0, 0.1) is 0 Å². The minimum atomic E-state index is -0.962. The molecule has 0 aliphatic carbocycles. The Hall–Kier alpha value is -0.831. The van der Waals surface area contributed by atoms with Crippen LogP contribution in [0.15, 0.2) is 24.3 Å². The van der Waals surface area contributed by atoms with E-state index in [0.29, 0.717) is 6.42 Å². The molecule has 1 aromatic rings. The maximum Gasteiger partial charge on any atom is 1.00 e. The van der Waals surface area contributed by atoms with Gasteiger partial charge in [0.25, 0.3) is 0 Å².